The second-order valence-electron chi connectivity index (χ2n) is 9.88. The molecule has 0 spiro atoms. The number of rotatable bonds is 9. The first-order chi connectivity index (χ1) is 17.7. The molecule has 200 valence electrons. The van der Waals surface area contributed by atoms with E-state index in [1.54, 1.807) is 24.4 Å². The maximum Gasteiger partial charge on any atom is 0.260 e. The Labute approximate surface area is 214 Å². The second-order valence-corrected chi connectivity index (χ2v) is 9.88. The Morgan fingerprint density at radius 1 is 1.11 bits per heavy atom. The number of carbonyl (C=O) groups is 2. The van der Waals surface area contributed by atoms with Crippen molar-refractivity contribution in [3.05, 3.63) is 47.9 Å². The zero-order valence-electron chi connectivity index (χ0n) is 21.0. The van der Waals surface area contributed by atoms with Crippen molar-refractivity contribution in [2.45, 2.75) is 51.0 Å². The highest BCUT2D eigenvalue weighted by atomic mass is 19.3. The Balaban J connectivity index is 1.31. The summed E-state index contributed by atoms with van der Waals surface area (Å²) >= 11 is 0. The van der Waals surface area contributed by atoms with E-state index >= 15 is 0 Å². The van der Waals surface area contributed by atoms with Gasteiger partial charge in [0.25, 0.3) is 11.8 Å². The monoisotopic (exact) mass is 518 g/mol. The van der Waals surface area contributed by atoms with Crippen molar-refractivity contribution in [1.82, 2.24) is 14.8 Å². The van der Waals surface area contributed by atoms with Crippen LogP contribution in [0.1, 0.15) is 49.4 Å². The Hall–Kier alpha value is -3.14. The zero-order chi connectivity index (χ0) is 26.6. The summed E-state index contributed by atoms with van der Waals surface area (Å²) in [5, 5.41) is 0. The number of nitrogens with two attached hydrogens (primary N) is 1. The zero-order valence-corrected chi connectivity index (χ0v) is 21.0. The summed E-state index contributed by atoms with van der Waals surface area (Å²) in [5.74, 6) is -3.74. The first kappa shape index (κ1) is 26.9. The van der Waals surface area contributed by atoms with Crippen LogP contribution in [0, 0.1) is 11.7 Å². The fourth-order valence-corrected chi connectivity index (χ4v) is 4.92. The highest BCUT2D eigenvalue weighted by Gasteiger charge is 2.34. The van der Waals surface area contributed by atoms with Gasteiger partial charge in [-0.3, -0.25) is 14.5 Å². The first-order valence-corrected chi connectivity index (χ1v) is 12.8. The number of halogens is 3. The number of hydrogen-bond donors (Lipinski definition) is 1. The Bertz CT molecular complexity index is 1100. The third-order valence-corrected chi connectivity index (χ3v) is 7.26. The molecular formula is C27H33F3N4O3. The molecule has 1 aromatic carbocycles. The van der Waals surface area contributed by atoms with E-state index in [4.69, 9.17) is 10.5 Å². The maximum absolute atomic E-state index is 14.9. The molecular weight excluding hydrogens is 485 g/mol. The van der Waals surface area contributed by atoms with Gasteiger partial charge in [0.1, 0.15) is 11.9 Å². The van der Waals surface area contributed by atoms with Crippen LogP contribution in [0.15, 0.2) is 36.5 Å². The molecule has 2 aliphatic heterocycles. The lowest BCUT2D eigenvalue weighted by Gasteiger charge is -2.33. The minimum atomic E-state index is -2.64. The van der Waals surface area contributed by atoms with Crippen LogP contribution in [0.5, 0.6) is 5.88 Å². The van der Waals surface area contributed by atoms with Gasteiger partial charge in [0.05, 0.1) is 18.7 Å². The molecule has 2 fully saturated rings. The standard InChI is InChI=1S/C27H33F3N4O3/c1-2-27(29,30)17-33-12-9-18(10-13-33)16-37-24-8-6-20(15-32-24)19-5-7-21(22(28)14-19)26(36)34-11-3-4-23(34)25(31)35/h5-8,14-15,18,23H,2-4,9-13,16-17H2,1H3,(H2,31,35). The number of primary amides is 1. The summed E-state index contributed by atoms with van der Waals surface area (Å²) in [7, 11) is 0. The van der Waals surface area contributed by atoms with E-state index < -0.39 is 29.6 Å². The molecule has 1 unspecified atom stereocenters. The van der Waals surface area contributed by atoms with Crippen molar-refractivity contribution in [3.8, 4) is 17.0 Å². The van der Waals surface area contributed by atoms with Crippen LogP contribution in [0.4, 0.5) is 13.2 Å². The number of alkyl halides is 2. The lowest BCUT2D eigenvalue weighted by Crippen LogP contribution is -2.43. The summed E-state index contributed by atoms with van der Waals surface area (Å²) in [4.78, 5) is 31.8. The maximum atomic E-state index is 14.9. The van der Waals surface area contributed by atoms with Crippen LogP contribution in [0.3, 0.4) is 0 Å². The molecule has 0 radical (unpaired) electrons. The molecule has 0 aliphatic carbocycles. The minimum absolute atomic E-state index is 0.103. The number of benzene rings is 1. The highest BCUT2D eigenvalue weighted by molar-refractivity contribution is 5.98. The van der Waals surface area contributed by atoms with Crippen molar-refractivity contribution in [3.63, 3.8) is 0 Å². The minimum Gasteiger partial charge on any atom is -0.477 e. The fourth-order valence-electron chi connectivity index (χ4n) is 4.92. The van der Waals surface area contributed by atoms with Gasteiger partial charge in [0.2, 0.25) is 11.8 Å². The average molecular weight is 519 g/mol. The van der Waals surface area contributed by atoms with Crippen molar-refractivity contribution in [2.75, 3.05) is 32.8 Å². The number of nitrogens with zero attached hydrogens (tertiary/aromatic N) is 3. The van der Waals surface area contributed by atoms with Gasteiger partial charge in [-0.25, -0.2) is 18.2 Å². The van der Waals surface area contributed by atoms with Crippen LogP contribution in [-0.4, -0.2) is 71.3 Å². The summed E-state index contributed by atoms with van der Waals surface area (Å²) in [5.41, 5.74) is 6.49. The predicted molar refractivity (Wildman–Crippen MR) is 133 cm³/mol. The van der Waals surface area contributed by atoms with E-state index in [0.717, 1.165) is 12.8 Å². The first-order valence-electron chi connectivity index (χ1n) is 12.8. The molecule has 2 aromatic rings. The van der Waals surface area contributed by atoms with E-state index in [9.17, 15) is 22.8 Å². The molecule has 2 aliphatic rings. The predicted octanol–water partition coefficient (Wildman–Crippen LogP) is 4.11. The van der Waals surface area contributed by atoms with Crippen molar-refractivity contribution >= 4 is 11.8 Å². The summed E-state index contributed by atoms with van der Waals surface area (Å²) in [6.45, 7) is 3.39. The number of piperidine rings is 1. The normalized spacial score (nSPS) is 19.2. The third kappa shape index (κ3) is 6.60. The van der Waals surface area contributed by atoms with Gasteiger partial charge >= 0.3 is 0 Å². The number of carbonyl (C=O) groups excluding carboxylic acids is 2. The molecule has 7 nitrogen and oxygen atoms in total. The molecule has 10 heteroatoms. The Kier molecular flexibility index (Phi) is 8.36. The van der Waals surface area contributed by atoms with Crippen LogP contribution < -0.4 is 10.5 Å². The summed E-state index contributed by atoms with van der Waals surface area (Å²) < 4.78 is 47.9. The Morgan fingerprint density at radius 3 is 2.46 bits per heavy atom. The van der Waals surface area contributed by atoms with Gasteiger partial charge < -0.3 is 15.4 Å². The van der Waals surface area contributed by atoms with Crippen molar-refractivity contribution in [2.24, 2.45) is 11.7 Å². The smallest absolute Gasteiger partial charge is 0.260 e. The highest BCUT2D eigenvalue weighted by Crippen LogP contribution is 2.27. The fraction of sp³-hybridized carbons (Fsp3) is 0.519. The quantitative estimate of drug-likeness (QED) is 0.540. The molecule has 2 saturated heterocycles. The van der Waals surface area contributed by atoms with E-state index in [0.29, 0.717) is 56.1 Å². The van der Waals surface area contributed by atoms with Gasteiger partial charge in [-0.2, -0.15) is 0 Å². The van der Waals surface area contributed by atoms with Gasteiger partial charge in [-0.1, -0.05) is 13.0 Å². The Morgan fingerprint density at radius 2 is 1.84 bits per heavy atom. The SMILES string of the molecule is CCC(F)(F)CN1CCC(COc2ccc(-c3ccc(C(=O)N4CCCC4C(N)=O)c(F)c3)cn2)CC1. The van der Waals surface area contributed by atoms with Gasteiger partial charge in [-0.15, -0.1) is 0 Å². The number of hydrogen-bond acceptors (Lipinski definition) is 5. The lowest BCUT2D eigenvalue weighted by atomic mass is 9.97. The van der Waals surface area contributed by atoms with E-state index in [-0.39, 0.29) is 24.4 Å². The number of likely N-dealkylation sites (tertiary alicyclic amines) is 2. The largest absolute Gasteiger partial charge is 0.477 e. The topological polar surface area (TPSA) is 88.8 Å². The van der Waals surface area contributed by atoms with E-state index in [1.165, 1.54) is 24.0 Å². The second kappa shape index (κ2) is 11.5. The molecule has 1 aromatic heterocycles. The molecule has 37 heavy (non-hydrogen) atoms. The lowest BCUT2D eigenvalue weighted by molar-refractivity contribution is -0.121. The van der Waals surface area contributed by atoms with Crippen molar-refractivity contribution in [1.29, 1.82) is 0 Å². The average Bonchev–Trinajstić information content (AvgIpc) is 3.39. The van der Waals surface area contributed by atoms with Crippen LogP contribution in [0.25, 0.3) is 11.1 Å². The molecule has 4 rings (SSSR count). The van der Waals surface area contributed by atoms with Gasteiger partial charge in [0.15, 0.2) is 0 Å². The molecule has 3 heterocycles. The van der Waals surface area contributed by atoms with Gasteiger partial charge in [-0.05, 0) is 68.5 Å². The number of ether oxygens (including phenoxy) is 1. The summed E-state index contributed by atoms with van der Waals surface area (Å²) in [6, 6.07) is 7.08. The molecule has 0 saturated carbocycles. The molecule has 2 amide bonds. The van der Waals surface area contributed by atoms with Gasteiger partial charge in [0, 0.05) is 30.8 Å². The number of amides is 2. The number of pyridine rings is 1. The van der Waals surface area contributed by atoms with E-state index in [2.05, 4.69) is 4.98 Å². The van der Waals surface area contributed by atoms with Crippen LogP contribution >= 0.6 is 0 Å². The van der Waals surface area contributed by atoms with Crippen molar-refractivity contribution < 1.29 is 27.5 Å². The van der Waals surface area contributed by atoms with Crippen LogP contribution in [-0.2, 0) is 4.79 Å². The molecule has 2 N–H and O–H groups in total. The van der Waals surface area contributed by atoms with Crippen LogP contribution in [0.2, 0.25) is 0 Å². The number of aromatic nitrogens is 1. The van der Waals surface area contributed by atoms with E-state index in [1.807, 2.05) is 4.90 Å². The molecule has 1 atom stereocenters. The third-order valence-electron chi connectivity index (χ3n) is 7.26. The summed E-state index contributed by atoms with van der Waals surface area (Å²) in [6.07, 6.45) is 4.14. The molecule has 0 bridgehead atoms.